The van der Waals surface area contributed by atoms with E-state index in [0.717, 1.165) is 0 Å². The van der Waals surface area contributed by atoms with E-state index in [1.165, 1.54) is 0 Å². The summed E-state index contributed by atoms with van der Waals surface area (Å²) >= 11 is 0. The smallest absolute Gasteiger partial charge is 0.471 e. The molecule has 0 unspecified atom stereocenters. The molecule has 0 aromatic heterocycles. The lowest BCUT2D eigenvalue weighted by molar-refractivity contribution is -0.202. The Morgan fingerprint density at radius 2 is 1.55 bits per heavy atom. The average Bonchev–Trinajstić information content (AvgIpc) is 2.47. The van der Waals surface area contributed by atoms with Crippen molar-refractivity contribution in [3.63, 3.8) is 0 Å². The van der Waals surface area contributed by atoms with Gasteiger partial charge in [-0.25, -0.2) is 0 Å². The molecule has 2 aliphatic heterocycles. The molecule has 2 heterocycles. The van der Waals surface area contributed by atoms with Gasteiger partial charge in [0.05, 0.1) is 5.60 Å². The first-order valence-corrected chi connectivity index (χ1v) is 7.02. The van der Waals surface area contributed by atoms with E-state index in [-0.39, 0.29) is 52.0 Å². The number of piperidine rings is 1. The maximum atomic E-state index is 12.4. The third-order valence-electron chi connectivity index (χ3n) is 4.77. The molecule has 6 nitrogen and oxygen atoms in total. The Morgan fingerprint density at radius 3 is 1.95 bits per heavy atom. The highest BCUT2D eigenvalue weighted by molar-refractivity contribution is 5.82. The molecule has 2 saturated heterocycles. The van der Waals surface area contributed by atoms with Crippen molar-refractivity contribution in [1.82, 2.24) is 4.90 Å². The second-order valence-electron chi connectivity index (χ2n) is 5.82. The molecule has 2 rings (SSSR count). The molecule has 9 heteroatoms. The number of amides is 1. The molecule has 0 spiro atoms. The second kappa shape index (κ2) is 5.69. The summed E-state index contributed by atoms with van der Waals surface area (Å²) < 4.78 is 42.4. The molecule has 1 amide bonds. The lowest BCUT2D eigenvalue weighted by atomic mass is 9.63. The number of hydrogen-bond donors (Lipinski definition) is 2. The summed E-state index contributed by atoms with van der Waals surface area (Å²) in [6.45, 7) is -0.269. The first kappa shape index (κ1) is 17.0. The van der Waals surface area contributed by atoms with Crippen molar-refractivity contribution in [1.29, 1.82) is 0 Å². The van der Waals surface area contributed by atoms with Crippen LogP contribution >= 0.6 is 0 Å². The van der Waals surface area contributed by atoms with Crippen molar-refractivity contribution in [2.24, 2.45) is 5.41 Å². The van der Waals surface area contributed by atoms with Gasteiger partial charge >= 0.3 is 18.1 Å². The molecule has 0 aliphatic carbocycles. The van der Waals surface area contributed by atoms with Crippen molar-refractivity contribution in [2.75, 3.05) is 26.3 Å². The molecule has 0 radical (unpaired) electrons. The molecule has 0 bridgehead atoms. The minimum absolute atomic E-state index is 0.103. The third-order valence-corrected chi connectivity index (χ3v) is 4.77. The van der Waals surface area contributed by atoms with Crippen molar-refractivity contribution in [2.45, 2.75) is 37.5 Å². The fourth-order valence-electron chi connectivity index (χ4n) is 3.34. The molecule has 2 aliphatic rings. The maximum absolute atomic E-state index is 12.4. The number of ether oxygens (including phenoxy) is 1. The van der Waals surface area contributed by atoms with Gasteiger partial charge in [0.2, 0.25) is 0 Å². The Balaban J connectivity index is 2.13. The molecule has 126 valence electrons. The van der Waals surface area contributed by atoms with Crippen LogP contribution in [0.4, 0.5) is 13.2 Å². The second-order valence-corrected chi connectivity index (χ2v) is 5.82. The molecule has 0 saturated carbocycles. The minimum atomic E-state index is -4.96. The van der Waals surface area contributed by atoms with Crippen LogP contribution in [0, 0.1) is 5.41 Å². The molecule has 0 aromatic carbocycles. The predicted octanol–water partition coefficient (Wildman–Crippen LogP) is 0.784. The molecular formula is C13H18F3NO5. The zero-order chi connectivity index (χ0) is 16.6. The number of nitrogens with zero attached hydrogens (tertiary/aromatic N) is 1. The summed E-state index contributed by atoms with van der Waals surface area (Å²) in [6, 6.07) is 0. The predicted molar refractivity (Wildman–Crippen MR) is 66.9 cm³/mol. The van der Waals surface area contributed by atoms with Gasteiger partial charge in [-0.2, -0.15) is 13.2 Å². The maximum Gasteiger partial charge on any atom is 0.471 e. The number of halogens is 3. The lowest BCUT2D eigenvalue weighted by Crippen LogP contribution is -2.61. The van der Waals surface area contributed by atoms with Gasteiger partial charge in [0.25, 0.3) is 0 Å². The first-order valence-electron chi connectivity index (χ1n) is 7.02. The summed E-state index contributed by atoms with van der Waals surface area (Å²) in [5.41, 5.74) is -3.07. The van der Waals surface area contributed by atoms with Crippen LogP contribution in [0.3, 0.4) is 0 Å². The van der Waals surface area contributed by atoms with Gasteiger partial charge in [0.1, 0.15) is 5.41 Å². The van der Waals surface area contributed by atoms with Crippen molar-refractivity contribution >= 4 is 11.9 Å². The van der Waals surface area contributed by atoms with Gasteiger partial charge in [0.15, 0.2) is 0 Å². The third kappa shape index (κ3) is 2.79. The summed E-state index contributed by atoms with van der Waals surface area (Å²) in [7, 11) is 0. The Bertz CT molecular complexity index is 451. The largest absolute Gasteiger partial charge is 0.481 e. The van der Waals surface area contributed by atoms with E-state index in [2.05, 4.69) is 0 Å². The first-order chi connectivity index (χ1) is 10.1. The van der Waals surface area contributed by atoms with E-state index in [1.807, 2.05) is 0 Å². The summed E-state index contributed by atoms with van der Waals surface area (Å²) in [4.78, 5) is 23.5. The van der Waals surface area contributed by atoms with Gasteiger partial charge in [-0.15, -0.1) is 0 Å². The topological polar surface area (TPSA) is 87.1 Å². The highest BCUT2D eigenvalue weighted by Gasteiger charge is 2.58. The van der Waals surface area contributed by atoms with Crippen LogP contribution in [0.1, 0.15) is 25.7 Å². The number of aliphatic hydroxyl groups is 1. The van der Waals surface area contributed by atoms with E-state index in [9.17, 15) is 33.0 Å². The van der Waals surface area contributed by atoms with Crippen LogP contribution in [0.25, 0.3) is 0 Å². The summed E-state index contributed by atoms with van der Waals surface area (Å²) in [6.07, 6.45) is -5.14. The number of carbonyl (C=O) groups is 2. The molecule has 0 atom stereocenters. The van der Waals surface area contributed by atoms with Crippen LogP contribution in [0.2, 0.25) is 0 Å². The number of carbonyl (C=O) groups excluding carboxylic acids is 1. The number of rotatable bonds is 2. The van der Waals surface area contributed by atoms with Crippen LogP contribution in [-0.4, -0.2) is 65.1 Å². The van der Waals surface area contributed by atoms with Gasteiger partial charge in [-0.3, -0.25) is 9.59 Å². The number of carboxylic acids is 1. The van der Waals surface area contributed by atoms with Gasteiger partial charge < -0.3 is 19.8 Å². The van der Waals surface area contributed by atoms with E-state index in [4.69, 9.17) is 4.74 Å². The Kier molecular flexibility index (Phi) is 4.40. The van der Waals surface area contributed by atoms with Crippen LogP contribution in [0.15, 0.2) is 0 Å². The molecule has 0 aromatic rings. The van der Waals surface area contributed by atoms with Gasteiger partial charge in [-0.05, 0) is 25.7 Å². The molecule has 22 heavy (non-hydrogen) atoms. The molecular weight excluding hydrogens is 307 g/mol. The van der Waals surface area contributed by atoms with Gasteiger partial charge in [0, 0.05) is 26.3 Å². The Hall–Kier alpha value is -1.35. The number of alkyl halides is 3. The quantitative estimate of drug-likeness (QED) is 0.784. The average molecular weight is 325 g/mol. The molecule has 2 N–H and O–H groups in total. The number of carboxylic acid groups (broad SMARTS) is 1. The van der Waals surface area contributed by atoms with Crippen LogP contribution in [-0.2, 0) is 14.3 Å². The number of likely N-dealkylation sites (tertiary alicyclic amines) is 1. The number of hydrogen-bond acceptors (Lipinski definition) is 4. The summed E-state index contributed by atoms with van der Waals surface area (Å²) in [5, 5.41) is 20.3. The van der Waals surface area contributed by atoms with Gasteiger partial charge in [-0.1, -0.05) is 0 Å². The number of aliphatic carboxylic acids is 1. The fraction of sp³-hybridized carbons (Fsp3) is 0.846. The van der Waals surface area contributed by atoms with Crippen molar-refractivity contribution < 1.29 is 37.7 Å². The zero-order valence-electron chi connectivity index (χ0n) is 11.9. The van der Waals surface area contributed by atoms with E-state index >= 15 is 0 Å². The fourth-order valence-corrected chi connectivity index (χ4v) is 3.34. The standard InChI is InChI=1S/C13H18F3NO5/c14-13(15,16)9(18)17-5-1-12(21,2-6-17)11(10(19)20)3-7-22-8-4-11/h21H,1-8H2,(H,19,20). The Labute approximate surface area is 124 Å². The van der Waals surface area contributed by atoms with Crippen LogP contribution < -0.4 is 0 Å². The van der Waals surface area contributed by atoms with E-state index in [0.29, 0.717) is 4.90 Å². The lowest BCUT2D eigenvalue weighted by Gasteiger charge is -2.50. The monoisotopic (exact) mass is 325 g/mol. The summed E-state index contributed by atoms with van der Waals surface area (Å²) in [5.74, 6) is -3.13. The van der Waals surface area contributed by atoms with Crippen molar-refractivity contribution in [3.8, 4) is 0 Å². The highest BCUT2D eigenvalue weighted by Crippen LogP contribution is 2.47. The van der Waals surface area contributed by atoms with E-state index < -0.39 is 29.1 Å². The SMILES string of the molecule is O=C(N1CCC(O)(C2(C(=O)O)CCOCC2)CC1)C(F)(F)F. The van der Waals surface area contributed by atoms with E-state index in [1.54, 1.807) is 0 Å². The zero-order valence-corrected chi connectivity index (χ0v) is 11.9. The van der Waals surface area contributed by atoms with Crippen molar-refractivity contribution in [3.05, 3.63) is 0 Å². The highest BCUT2D eigenvalue weighted by atomic mass is 19.4. The molecule has 2 fully saturated rings. The minimum Gasteiger partial charge on any atom is -0.481 e. The normalized spacial score (nSPS) is 24.8. The van der Waals surface area contributed by atoms with Crippen LogP contribution in [0.5, 0.6) is 0 Å². The Morgan fingerprint density at radius 1 is 1.05 bits per heavy atom.